The van der Waals surface area contributed by atoms with Crippen molar-refractivity contribution in [2.24, 2.45) is 0 Å². The van der Waals surface area contributed by atoms with Crippen molar-refractivity contribution in [2.75, 3.05) is 19.6 Å². The van der Waals surface area contributed by atoms with Gasteiger partial charge in [-0.2, -0.15) is 0 Å². The lowest BCUT2D eigenvalue weighted by atomic mass is 10.0. The van der Waals surface area contributed by atoms with E-state index < -0.39 is 0 Å². The van der Waals surface area contributed by atoms with Crippen LogP contribution in [0.1, 0.15) is 11.1 Å². The van der Waals surface area contributed by atoms with Gasteiger partial charge in [0.1, 0.15) is 0 Å². The second-order valence-electron chi connectivity index (χ2n) is 33.4. The number of hydrogen-bond acceptors (Lipinski definition) is 4. The molecule has 130 heavy (non-hydrogen) atoms. The highest BCUT2D eigenvalue weighted by atomic mass is 15.2. The van der Waals surface area contributed by atoms with Gasteiger partial charge in [-0.05, 0) is 279 Å². The Labute approximate surface area is 755 Å². The molecule has 0 spiro atoms. The van der Waals surface area contributed by atoms with Crippen molar-refractivity contribution in [3.05, 3.63) is 509 Å². The Morgan fingerprint density at radius 2 is 0.292 bits per heavy atom. The molecule has 4 aromatic heterocycles. The average molecular weight is 1670 g/mol. The number of aromatic nitrogens is 4. The van der Waals surface area contributed by atoms with Gasteiger partial charge in [0.2, 0.25) is 0 Å². The van der Waals surface area contributed by atoms with Gasteiger partial charge in [0.15, 0.2) is 0 Å². The number of rotatable bonds is 18. The summed E-state index contributed by atoms with van der Waals surface area (Å²) in [6.45, 7) is 4.28. The van der Waals surface area contributed by atoms with Gasteiger partial charge < -0.3 is 37.9 Å². The lowest BCUT2D eigenvalue weighted by Gasteiger charge is -2.26. The summed E-state index contributed by atoms with van der Waals surface area (Å²) >= 11 is 0. The molecule has 0 radical (unpaired) electrons. The molecule has 0 unspecified atom stereocenters. The zero-order valence-corrected chi connectivity index (χ0v) is 71.9. The van der Waals surface area contributed by atoms with Crippen LogP contribution in [-0.4, -0.2) is 18.3 Å². The summed E-state index contributed by atoms with van der Waals surface area (Å²) in [4.78, 5) is 9.45. The standard InChI is InChI=1S/C62H46N4.C60H42N4/c1-43-21-29-49(30-22-43)63(53-37-39-61-57(41-53)55-17-9-11-19-59(55)65(61)47-13-5-3-6-14-47)51-33-25-45(26-34-51)46-27-35-52(36-28-46)64(50-31-23-44(2)24-32-50)54-38-40-62-58(42-54)56-18-10-12-20-60(56)66(62)48-15-7-4-8-16-48;1-5-17-45(18-6-1)61(51-37-39-59-55(41-51)53-25-13-15-27-57(53)63(59)47-21-9-3-10-22-47)49-33-29-43(30-34-49)44-31-35-50(36-32-44)62(46-19-7-2-8-20-46)52-38-40-60-56(42-52)54-26-14-16-28-58(54)64(60)48-23-11-4-12-24-48/h3-42H,1-2H3;1-42H. The van der Waals surface area contributed by atoms with Crippen molar-refractivity contribution < 1.29 is 0 Å². The van der Waals surface area contributed by atoms with Crippen molar-refractivity contribution in [3.8, 4) is 45.0 Å². The summed E-state index contributed by atoms with van der Waals surface area (Å²) in [5.41, 5.74) is 34.5. The molecule has 4 heterocycles. The molecule has 0 saturated carbocycles. The van der Waals surface area contributed by atoms with E-state index in [4.69, 9.17) is 0 Å². The molecule has 0 aliphatic heterocycles. The first-order chi connectivity index (χ1) is 64.3. The largest absolute Gasteiger partial charge is 0.310 e. The Morgan fingerprint density at radius 3 is 0.508 bits per heavy atom. The fraction of sp³-hybridized carbons (Fsp3) is 0.0164. The summed E-state index contributed by atoms with van der Waals surface area (Å²) in [6, 6.07) is 180. The molecule has 616 valence electrons. The van der Waals surface area contributed by atoms with Crippen LogP contribution in [0, 0.1) is 13.8 Å². The van der Waals surface area contributed by atoms with E-state index in [2.05, 4.69) is 549 Å². The van der Waals surface area contributed by atoms with E-state index >= 15 is 0 Å². The maximum absolute atomic E-state index is 2.37. The molecule has 24 aromatic rings. The zero-order valence-electron chi connectivity index (χ0n) is 71.9. The van der Waals surface area contributed by atoms with Crippen molar-refractivity contribution in [1.82, 2.24) is 18.3 Å². The maximum atomic E-state index is 2.37. The molecule has 0 aliphatic carbocycles. The first-order valence-electron chi connectivity index (χ1n) is 44.5. The second-order valence-corrected chi connectivity index (χ2v) is 33.4. The molecule has 20 aromatic carbocycles. The summed E-state index contributed by atoms with van der Waals surface area (Å²) in [7, 11) is 0. The van der Waals surface area contributed by atoms with Gasteiger partial charge >= 0.3 is 0 Å². The van der Waals surface area contributed by atoms with E-state index in [9.17, 15) is 0 Å². The first-order valence-corrected chi connectivity index (χ1v) is 44.5. The van der Waals surface area contributed by atoms with Gasteiger partial charge in [-0.15, -0.1) is 0 Å². The van der Waals surface area contributed by atoms with Crippen LogP contribution >= 0.6 is 0 Å². The number of para-hydroxylation sites is 10. The van der Waals surface area contributed by atoms with Gasteiger partial charge in [-0.3, -0.25) is 0 Å². The van der Waals surface area contributed by atoms with Gasteiger partial charge in [-0.1, -0.05) is 266 Å². The van der Waals surface area contributed by atoms with Crippen LogP contribution < -0.4 is 19.6 Å². The summed E-state index contributed by atoms with van der Waals surface area (Å²) < 4.78 is 9.47. The molecular weight excluding hydrogens is 1580 g/mol. The third-order valence-electron chi connectivity index (χ3n) is 25.5. The summed E-state index contributed by atoms with van der Waals surface area (Å²) in [5, 5.41) is 9.82. The molecule has 0 N–H and O–H groups in total. The molecule has 0 amide bonds. The Hall–Kier alpha value is -17.2. The Balaban J connectivity index is 0.000000148. The van der Waals surface area contributed by atoms with Crippen LogP contribution in [0.5, 0.6) is 0 Å². The molecule has 0 aliphatic rings. The molecule has 0 bridgehead atoms. The molecule has 8 nitrogen and oxygen atoms in total. The average Bonchev–Trinajstić information content (AvgIpc) is 1.58. The smallest absolute Gasteiger partial charge is 0.0542 e. The van der Waals surface area contributed by atoms with Crippen molar-refractivity contribution in [3.63, 3.8) is 0 Å². The normalized spacial score (nSPS) is 11.5. The van der Waals surface area contributed by atoms with Crippen LogP contribution in [-0.2, 0) is 0 Å². The Kier molecular flexibility index (Phi) is 19.9. The van der Waals surface area contributed by atoms with Crippen LogP contribution in [0.2, 0.25) is 0 Å². The predicted octanol–water partition coefficient (Wildman–Crippen LogP) is 33.6. The number of benzene rings is 20. The Morgan fingerprint density at radius 1 is 0.131 bits per heavy atom. The fourth-order valence-corrected chi connectivity index (χ4v) is 19.4. The van der Waals surface area contributed by atoms with Gasteiger partial charge in [0.05, 0.1) is 44.1 Å². The molecule has 0 saturated heterocycles. The number of hydrogen-bond donors (Lipinski definition) is 0. The van der Waals surface area contributed by atoms with E-state index in [-0.39, 0.29) is 0 Å². The highest BCUT2D eigenvalue weighted by Gasteiger charge is 2.25. The number of fused-ring (bicyclic) bond motifs is 12. The lowest BCUT2D eigenvalue weighted by molar-refractivity contribution is 1.18. The van der Waals surface area contributed by atoms with Gasteiger partial charge in [0.25, 0.3) is 0 Å². The van der Waals surface area contributed by atoms with Crippen molar-refractivity contribution in [2.45, 2.75) is 13.8 Å². The SMILES string of the molecule is Cc1ccc(N(c2ccc(-c3ccc(N(c4ccc(C)cc4)c4ccc5c(c4)c4ccccc4n5-c4ccccc4)cc3)cc2)c2ccc3c(c2)c2ccccc2n3-c2ccccc2)cc1.c1ccc(N(c2ccc(-c3ccc(N(c4ccccc4)c4ccc5c(c4)c4ccccc4n5-c4ccccc4)cc3)cc2)c2ccc3c(c2)c2ccccc2n3-c2ccccc2)cc1. The topological polar surface area (TPSA) is 32.7 Å². The molecular formula is C122H88N8. The third-order valence-corrected chi connectivity index (χ3v) is 25.5. The van der Waals surface area contributed by atoms with E-state index in [0.717, 1.165) is 113 Å². The van der Waals surface area contributed by atoms with E-state index in [1.807, 2.05) is 0 Å². The third kappa shape index (κ3) is 14.2. The first kappa shape index (κ1) is 77.6. The van der Waals surface area contributed by atoms with Crippen LogP contribution in [0.3, 0.4) is 0 Å². The van der Waals surface area contributed by atoms with Crippen LogP contribution in [0.4, 0.5) is 68.2 Å². The van der Waals surface area contributed by atoms with Crippen LogP contribution in [0.15, 0.2) is 497 Å². The minimum absolute atomic E-state index is 1.09. The summed E-state index contributed by atoms with van der Waals surface area (Å²) in [6.07, 6.45) is 0. The number of aryl methyl sites for hydroxylation is 2. The Bertz CT molecular complexity index is 7750. The zero-order chi connectivity index (χ0) is 86.5. The second kappa shape index (κ2) is 33.4. The highest BCUT2D eigenvalue weighted by Crippen LogP contribution is 2.48. The number of anilines is 12. The molecule has 0 fully saturated rings. The number of nitrogens with zero attached hydrogens (tertiary/aromatic N) is 8. The van der Waals surface area contributed by atoms with E-state index in [0.29, 0.717) is 0 Å². The molecule has 0 atom stereocenters. The quantitative estimate of drug-likeness (QED) is 0.0857. The van der Waals surface area contributed by atoms with Crippen LogP contribution in [0.25, 0.3) is 132 Å². The molecule has 8 heteroatoms. The summed E-state index contributed by atoms with van der Waals surface area (Å²) in [5.74, 6) is 0. The monoisotopic (exact) mass is 1660 g/mol. The minimum Gasteiger partial charge on any atom is -0.310 e. The van der Waals surface area contributed by atoms with Crippen molar-refractivity contribution in [1.29, 1.82) is 0 Å². The van der Waals surface area contributed by atoms with Gasteiger partial charge in [-0.25, -0.2) is 0 Å². The predicted molar refractivity (Wildman–Crippen MR) is 549 cm³/mol. The minimum atomic E-state index is 1.09. The van der Waals surface area contributed by atoms with Crippen molar-refractivity contribution >= 4 is 155 Å². The lowest BCUT2D eigenvalue weighted by Crippen LogP contribution is -2.10. The maximum Gasteiger partial charge on any atom is 0.0542 e. The molecule has 24 rings (SSSR count). The van der Waals surface area contributed by atoms with E-state index in [1.165, 1.54) is 98.4 Å². The fourth-order valence-electron chi connectivity index (χ4n) is 19.4. The van der Waals surface area contributed by atoms with E-state index in [1.54, 1.807) is 0 Å². The van der Waals surface area contributed by atoms with Gasteiger partial charge in [0, 0.05) is 134 Å². The highest BCUT2D eigenvalue weighted by molar-refractivity contribution is 6.15.